The maximum Gasteiger partial charge on any atom is 0.226 e. The van der Waals surface area contributed by atoms with E-state index in [0.29, 0.717) is 18.4 Å². The molecule has 4 aliphatic rings. The van der Waals surface area contributed by atoms with Crippen LogP contribution in [0.5, 0.6) is 0 Å². The molecular formula is C21H29ClN2O. The van der Waals surface area contributed by atoms with Crippen molar-refractivity contribution in [3.63, 3.8) is 0 Å². The fourth-order valence-electron chi connectivity index (χ4n) is 5.90. The number of nitrogens with one attached hydrogen (secondary N) is 1. The summed E-state index contributed by atoms with van der Waals surface area (Å²) in [4.78, 5) is 15.2. The van der Waals surface area contributed by atoms with E-state index in [1.54, 1.807) is 0 Å². The fourth-order valence-corrected chi connectivity index (χ4v) is 6.59. The highest BCUT2D eigenvalue weighted by molar-refractivity contribution is 6.24. The monoisotopic (exact) mass is 360 g/mol. The highest BCUT2D eigenvalue weighted by Crippen LogP contribution is 2.63. The Morgan fingerprint density at radius 1 is 1.24 bits per heavy atom. The Kier molecular flexibility index (Phi) is 4.26. The predicted octanol–water partition coefficient (Wildman–Crippen LogP) is 4.21. The number of hydrogen-bond donors (Lipinski definition) is 1. The van der Waals surface area contributed by atoms with Crippen molar-refractivity contribution in [3.8, 4) is 0 Å². The largest absolute Gasteiger partial charge is 0.370 e. The molecule has 1 amide bonds. The molecule has 136 valence electrons. The number of hydrogen-bond acceptors (Lipinski definition) is 2. The van der Waals surface area contributed by atoms with Crippen LogP contribution in [-0.2, 0) is 4.79 Å². The maximum atomic E-state index is 13.1. The second-order valence-corrected chi connectivity index (χ2v) is 9.70. The fraction of sp³-hybridized carbons (Fsp3) is 0.667. The number of carbonyl (C=O) groups excluding carboxylic acids is 1. The number of benzene rings is 1. The summed E-state index contributed by atoms with van der Waals surface area (Å²) < 4.78 is 0. The quantitative estimate of drug-likeness (QED) is 0.798. The van der Waals surface area contributed by atoms with Gasteiger partial charge in [0.1, 0.15) is 0 Å². The average Bonchev–Trinajstić information content (AvgIpc) is 2.57. The van der Waals surface area contributed by atoms with Gasteiger partial charge in [-0.2, -0.15) is 0 Å². The molecule has 4 heteroatoms. The smallest absolute Gasteiger partial charge is 0.226 e. The van der Waals surface area contributed by atoms with Crippen molar-refractivity contribution in [3.05, 3.63) is 30.3 Å². The van der Waals surface area contributed by atoms with Crippen LogP contribution in [0, 0.1) is 17.3 Å². The molecule has 4 saturated carbocycles. The summed E-state index contributed by atoms with van der Waals surface area (Å²) in [7, 11) is 2.09. The lowest BCUT2D eigenvalue weighted by atomic mass is 9.49. The topological polar surface area (TPSA) is 32.3 Å². The highest BCUT2D eigenvalue weighted by Gasteiger charge is 2.59. The first-order valence-corrected chi connectivity index (χ1v) is 10.0. The Balaban J connectivity index is 1.39. The molecule has 1 aromatic carbocycles. The van der Waals surface area contributed by atoms with E-state index < -0.39 is 0 Å². The molecular weight excluding hydrogens is 332 g/mol. The Labute approximate surface area is 156 Å². The number of alkyl halides is 1. The summed E-state index contributed by atoms with van der Waals surface area (Å²) in [5.74, 6) is 1.57. The molecule has 0 unspecified atom stereocenters. The summed E-state index contributed by atoms with van der Waals surface area (Å²) in [5.41, 5.74) is 0.982. The molecule has 4 fully saturated rings. The van der Waals surface area contributed by atoms with Crippen molar-refractivity contribution < 1.29 is 4.79 Å². The summed E-state index contributed by atoms with van der Waals surface area (Å²) in [5, 5.41) is 3.27. The summed E-state index contributed by atoms with van der Waals surface area (Å²) in [6.45, 7) is 2.84. The third-order valence-electron chi connectivity index (χ3n) is 6.85. The molecule has 3 nitrogen and oxygen atoms in total. The lowest BCUT2D eigenvalue weighted by Gasteiger charge is -2.59. The summed E-state index contributed by atoms with van der Waals surface area (Å²) in [6.07, 6.45) is 6.50. The van der Waals surface area contributed by atoms with Crippen LogP contribution in [0.4, 0.5) is 5.69 Å². The molecule has 5 rings (SSSR count). The first kappa shape index (κ1) is 17.2. The van der Waals surface area contributed by atoms with E-state index in [4.69, 9.17) is 11.6 Å². The Morgan fingerprint density at radius 3 is 2.48 bits per heavy atom. The summed E-state index contributed by atoms with van der Waals surface area (Å²) in [6, 6.07) is 10.6. The molecule has 0 aromatic heterocycles. The second-order valence-electron chi connectivity index (χ2n) is 8.90. The number of amides is 1. The van der Waals surface area contributed by atoms with E-state index in [-0.39, 0.29) is 22.2 Å². The van der Waals surface area contributed by atoms with Gasteiger partial charge in [0.2, 0.25) is 5.91 Å². The van der Waals surface area contributed by atoms with Crippen LogP contribution in [0.3, 0.4) is 0 Å². The number of anilines is 1. The van der Waals surface area contributed by atoms with Gasteiger partial charge in [-0.3, -0.25) is 4.79 Å². The minimum absolute atomic E-state index is 0.103. The minimum Gasteiger partial charge on any atom is -0.370 e. The number of nitrogens with zero attached hydrogens (tertiary/aromatic N) is 1. The van der Waals surface area contributed by atoms with E-state index in [1.807, 2.05) is 18.2 Å². The van der Waals surface area contributed by atoms with Gasteiger partial charge in [-0.1, -0.05) is 18.2 Å². The lowest BCUT2D eigenvalue weighted by molar-refractivity contribution is -0.144. The van der Waals surface area contributed by atoms with E-state index in [2.05, 4.69) is 36.3 Å². The van der Waals surface area contributed by atoms with Crippen LogP contribution in [0.25, 0.3) is 0 Å². The molecule has 3 atom stereocenters. The van der Waals surface area contributed by atoms with Crippen molar-refractivity contribution in [2.75, 3.05) is 18.5 Å². The normalized spacial score (nSPS) is 36.9. The van der Waals surface area contributed by atoms with Crippen molar-refractivity contribution in [1.29, 1.82) is 0 Å². The van der Waals surface area contributed by atoms with Crippen LogP contribution in [0.15, 0.2) is 30.3 Å². The molecule has 4 bridgehead atoms. The maximum absolute atomic E-state index is 13.1. The van der Waals surface area contributed by atoms with Gasteiger partial charge in [-0.15, -0.1) is 11.6 Å². The molecule has 1 aromatic rings. The highest BCUT2D eigenvalue weighted by atomic mass is 35.5. The second kappa shape index (κ2) is 6.19. The van der Waals surface area contributed by atoms with Gasteiger partial charge in [0.05, 0.1) is 5.41 Å². The van der Waals surface area contributed by atoms with Gasteiger partial charge in [0, 0.05) is 30.2 Å². The predicted molar refractivity (Wildman–Crippen MR) is 103 cm³/mol. The van der Waals surface area contributed by atoms with Gasteiger partial charge in [0.25, 0.3) is 0 Å². The SMILES string of the molecule is C[C@H](CNC(=O)C12C[C@H]3C[C@@H](CC(Cl)(C3)C1)C2)N(C)c1ccccc1. The van der Waals surface area contributed by atoms with Crippen LogP contribution in [0.1, 0.15) is 45.4 Å². The zero-order valence-corrected chi connectivity index (χ0v) is 16.1. The number of likely N-dealkylation sites (N-methyl/N-ethyl adjacent to an activating group) is 1. The molecule has 0 saturated heterocycles. The van der Waals surface area contributed by atoms with Gasteiger partial charge >= 0.3 is 0 Å². The van der Waals surface area contributed by atoms with E-state index in [0.717, 1.165) is 32.1 Å². The van der Waals surface area contributed by atoms with Crippen molar-refractivity contribution >= 4 is 23.2 Å². The van der Waals surface area contributed by atoms with Crippen LogP contribution in [-0.4, -0.2) is 30.4 Å². The third-order valence-corrected chi connectivity index (χ3v) is 7.30. The molecule has 0 spiro atoms. The van der Waals surface area contributed by atoms with Crippen LogP contribution >= 0.6 is 11.6 Å². The molecule has 1 N–H and O–H groups in total. The standard InChI is InChI=1S/C21H29ClN2O/c1-15(24(2)18-6-4-3-5-7-18)13-23-19(25)20-9-16-8-17(10-20)12-21(22,11-16)14-20/h3-7,15-17H,8-14H2,1-2H3,(H,23,25)/t15-,16-,17-,20?,21?/m1/s1. The van der Waals surface area contributed by atoms with Gasteiger partial charge in [0.15, 0.2) is 0 Å². The third kappa shape index (κ3) is 3.16. The average molecular weight is 361 g/mol. The van der Waals surface area contributed by atoms with E-state index in [1.165, 1.54) is 12.1 Å². The van der Waals surface area contributed by atoms with E-state index >= 15 is 0 Å². The van der Waals surface area contributed by atoms with Gasteiger partial charge < -0.3 is 10.2 Å². The van der Waals surface area contributed by atoms with Gasteiger partial charge in [-0.25, -0.2) is 0 Å². The molecule has 0 heterocycles. The first-order valence-electron chi connectivity index (χ1n) is 9.64. The number of rotatable bonds is 5. The zero-order chi connectivity index (χ0) is 17.7. The van der Waals surface area contributed by atoms with Gasteiger partial charge in [-0.05, 0) is 69.4 Å². The molecule has 4 aliphatic carbocycles. The number of halogens is 1. The van der Waals surface area contributed by atoms with Crippen LogP contribution in [0.2, 0.25) is 0 Å². The van der Waals surface area contributed by atoms with Crippen molar-refractivity contribution in [1.82, 2.24) is 5.32 Å². The molecule has 0 aliphatic heterocycles. The first-order chi connectivity index (χ1) is 11.9. The molecule has 0 radical (unpaired) electrons. The Bertz CT molecular complexity index is 633. The number of carbonyl (C=O) groups is 1. The summed E-state index contributed by atoms with van der Waals surface area (Å²) >= 11 is 6.87. The molecule has 25 heavy (non-hydrogen) atoms. The van der Waals surface area contributed by atoms with Crippen molar-refractivity contribution in [2.45, 2.75) is 56.4 Å². The lowest BCUT2D eigenvalue weighted by Crippen LogP contribution is -2.59. The number of para-hydroxylation sites is 1. The Hall–Kier alpha value is -1.22. The Morgan fingerprint density at radius 2 is 1.88 bits per heavy atom. The van der Waals surface area contributed by atoms with E-state index in [9.17, 15) is 4.79 Å². The zero-order valence-electron chi connectivity index (χ0n) is 15.3. The van der Waals surface area contributed by atoms with Crippen molar-refractivity contribution in [2.24, 2.45) is 17.3 Å². The van der Waals surface area contributed by atoms with Crippen LogP contribution < -0.4 is 10.2 Å². The minimum atomic E-state index is -0.198.